The lowest BCUT2D eigenvalue weighted by molar-refractivity contribution is -0.143. The standard InChI is InChI=1S/C30H58O2/c1-3-5-7-9-11-12-13-14-15-16-17-18-19-20-21-22-23-24-26-28-30(31)32-29-27-25-10-8-6-4-2/h14-15H,3-13,16-29H2,1-2H3/b15-14-. The fraction of sp³-hybridized carbons (Fsp3) is 0.900. The van der Waals surface area contributed by atoms with E-state index in [-0.39, 0.29) is 5.97 Å². The van der Waals surface area contributed by atoms with E-state index in [9.17, 15) is 4.79 Å². The van der Waals surface area contributed by atoms with Crippen molar-refractivity contribution in [2.24, 2.45) is 0 Å². The molecule has 0 spiro atoms. The number of hydrogen-bond donors (Lipinski definition) is 0. The molecule has 0 aromatic carbocycles. The zero-order valence-corrected chi connectivity index (χ0v) is 22.1. The molecule has 0 fully saturated rings. The normalized spacial score (nSPS) is 11.4. The van der Waals surface area contributed by atoms with Gasteiger partial charge in [-0.3, -0.25) is 4.79 Å². The number of carbonyl (C=O) groups is 1. The van der Waals surface area contributed by atoms with E-state index in [1.165, 1.54) is 135 Å². The Labute approximate surface area is 202 Å². The van der Waals surface area contributed by atoms with Crippen LogP contribution in [-0.2, 0) is 9.53 Å². The summed E-state index contributed by atoms with van der Waals surface area (Å²) in [5.41, 5.74) is 0. The summed E-state index contributed by atoms with van der Waals surface area (Å²) in [6.07, 6.45) is 35.4. The number of rotatable bonds is 26. The van der Waals surface area contributed by atoms with E-state index in [2.05, 4.69) is 26.0 Å². The maximum Gasteiger partial charge on any atom is 0.305 e. The fourth-order valence-corrected chi connectivity index (χ4v) is 4.19. The highest BCUT2D eigenvalue weighted by Crippen LogP contribution is 2.13. The number of hydrogen-bond acceptors (Lipinski definition) is 2. The van der Waals surface area contributed by atoms with Crippen LogP contribution in [0.2, 0.25) is 0 Å². The van der Waals surface area contributed by atoms with Crippen LogP contribution in [0.1, 0.15) is 168 Å². The van der Waals surface area contributed by atoms with Crippen LogP contribution in [0.25, 0.3) is 0 Å². The molecule has 32 heavy (non-hydrogen) atoms. The third-order valence-electron chi connectivity index (χ3n) is 6.40. The molecule has 2 heteroatoms. The van der Waals surface area contributed by atoms with Gasteiger partial charge in [0.15, 0.2) is 0 Å². The number of carbonyl (C=O) groups excluding carboxylic acids is 1. The van der Waals surface area contributed by atoms with Crippen molar-refractivity contribution in [1.82, 2.24) is 0 Å². The van der Waals surface area contributed by atoms with E-state index >= 15 is 0 Å². The molecule has 0 radical (unpaired) electrons. The Bertz CT molecular complexity index is 388. The number of allylic oxidation sites excluding steroid dienone is 2. The van der Waals surface area contributed by atoms with Crippen molar-refractivity contribution < 1.29 is 9.53 Å². The van der Waals surface area contributed by atoms with E-state index in [1.54, 1.807) is 0 Å². The highest BCUT2D eigenvalue weighted by Gasteiger charge is 2.02. The van der Waals surface area contributed by atoms with Crippen LogP contribution in [0, 0.1) is 0 Å². The third-order valence-corrected chi connectivity index (χ3v) is 6.40. The summed E-state index contributed by atoms with van der Waals surface area (Å²) >= 11 is 0. The Hall–Kier alpha value is -0.790. The first-order chi connectivity index (χ1) is 15.8. The molecular weight excluding hydrogens is 392 g/mol. The predicted octanol–water partition coefficient (Wildman–Crippen LogP) is 10.5. The molecule has 0 N–H and O–H groups in total. The molecule has 0 saturated heterocycles. The van der Waals surface area contributed by atoms with Crippen LogP contribution < -0.4 is 0 Å². The zero-order valence-electron chi connectivity index (χ0n) is 22.1. The molecule has 2 nitrogen and oxygen atoms in total. The van der Waals surface area contributed by atoms with E-state index in [0.717, 1.165) is 12.8 Å². The van der Waals surface area contributed by atoms with Crippen LogP contribution in [0.3, 0.4) is 0 Å². The molecule has 0 saturated carbocycles. The third kappa shape index (κ3) is 27.2. The Morgan fingerprint density at radius 2 is 0.875 bits per heavy atom. The van der Waals surface area contributed by atoms with Gasteiger partial charge < -0.3 is 4.74 Å². The van der Waals surface area contributed by atoms with Gasteiger partial charge in [-0.1, -0.05) is 135 Å². The van der Waals surface area contributed by atoms with Gasteiger partial charge in [0.1, 0.15) is 0 Å². The van der Waals surface area contributed by atoms with E-state index in [1.807, 2.05) is 0 Å². The number of esters is 1. The van der Waals surface area contributed by atoms with Gasteiger partial charge in [0.2, 0.25) is 0 Å². The molecule has 190 valence electrons. The summed E-state index contributed by atoms with van der Waals surface area (Å²) in [5, 5.41) is 0. The number of ether oxygens (including phenoxy) is 1. The van der Waals surface area contributed by atoms with Crippen molar-refractivity contribution in [3.8, 4) is 0 Å². The first-order valence-electron chi connectivity index (χ1n) is 14.6. The first kappa shape index (κ1) is 31.2. The van der Waals surface area contributed by atoms with Gasteiger partial charge in [-0.2, -0.15) is 0 Å². The van der Waals surface area contributed by atoms with Crippen molar-refractivity contribution in [3.05, 3.63) is 12.2 Å². The second-order valence-electron chi connectivity index (χ2n) is 9.74. The minimum absolute atomic E-state index is 0.0135. The highest BCUT2D eigenvalue weighted by atomic mass is 16.5. The molecule has 0 atom stereocenters. The van der Waals surface area contributed by atoms with E-state index in [0.29, 0.717) is 13.0 Å². The average Bonchev–Trinajstić information content (AvgIpc) is 2.80. The molecule has 0 amide bonds. The molecule has 0 aromatic rings. The lowest BCUT2D eigenvalue weighted by Crippen LogP contribution is -2.05. The van der Waals surface area contributed by atoms with Gasteiger partial charge in [0.05, 0.1) is 6.61 Å². The molecule has 0 heterocycles. The lowest BCUT2D eigenvalue weighted by Gasteiger charge is -2.05. The van der Waals surface area contributed by atoms with E-state index < -0.39 is 0 Å². The Balaban J connectivity index is 3.17. The largest absolute Gasteiger partial charge is 0.466 e. The minimum Gasteiger partial charge on any atom is -0.466 e. The second-order valence-corrected chi connectivity index (χ2v) is 9.74. The highest BCUT2D eigenvalue weighted by molar-refractivity contribution is 5.69. The predicted molar refractivity (Wildman–Crippen MR) is 142 cm³/mol. The summed E-state index contributed by atoms with van der Waals surface area (Å²) in [6.45, 7) is 5.14. The van der Waals surface area contributed by atoms with Crippen molar-refractivity contribution >= 4 is 5.97 Å². The summed E-state index contributed by atoms with van der Waals surface area (Å²) in [7, 11) is 0. The van der Waals surface area contributed by atoms with Gasteiger partial charge in [-0.05, 0) is 38.5 Å². The first-order valence-corrected chi connectivity index (χ1v) is 14.6. The van der Waals surface area contributed by atoms with Gasteiger partial charge >= 0.3 is 5.97 Å². The molecule has 0 aliphatic rings. The number of unbranched alkanes of at least 4 members (excludes halogenated alkanes) is 20. The van der Waals surface area contributed by atoms with Gasteiger partial charge in [-0.25, -0.2) is 0 Å². The SMILES string of the molecule is CCCCCCCC/C=C\CCCCCCCCCCCC(=O)OCCCCCCCC. The summed E-state index contributed by atoms with van der Waals surface area (Å²) < 4.78 is 5.34. The zero-order chi connectivity index (χ0) is 23.4. The summed E-state index contributed by atoms with van der Waals surface area (Å²) in [4.78, 5) is 11.7. The topological polar surface area (TPSA) is 26.3 Å². The van der Waals surface area contributed by atoms with Gasteiger partial charge in [0, 0.05) is 6.42 Å². The molecule has 0 bridgehead atoms. The summed E-state index contributed by atoms with van der Waals surface area (Å²) in [6, 6.07) is 0. The van der Waals surface area contributed by atoms with Gasteiger partial charge in [-0.15, -0.1) is 0 Å². The lowest BCUT2D eigenvalue weighted by atomic mass is 10.1. The van der Waals surface area contributed by atoms with Crippen molar-refractivity contribution in [2.45, 2.75) is 168 Å². The maximum absolute atomic E-state index is 11.7. The fourth-order valence-electron chi connectivity index (χ4n) is 4.19. The van der Waals surface area contributed by atoms with E-state index in [4.69, 9.17) is 4.74 Å². The van der Waals surface area contributed by atoms with Crippen LogP contribution >= 0.6 is 0 Å². The molecule has 0 rings (SSSR count). The molecule has 0 aliphatic carbocycles. The van der Waals surface area contributed by atoms with Crippen LogP contribution in [0.4, 0.5) is 0 Å². The Kier molecular flexibility index (Phi) is 27.5. The smallest absolute Gasteiger partial charge is 0.305 e. The van der Waals surface area contributed by atoms with Crippen LogP contribution in [-0.4, -0.2) is 12.6 Å². The van der Waals surface area contributed by atoms with Crippen molar-refractivity contribution in [3.63, 3.8) is 0 Å². The molecule has 0 unspecified atom stereocenters. The Morgan fingerprint density at radius 1 is 0.500 bits per heavy atom. The minimum atomic E-state index is 0.0135. The second kappa shape index (κ2) is 28.2. The van der Waals surface area contributed by atoms with Crippen molar-refractivity contribution in [2.75, 3.05) is 6.61 Å². The molecular formula is C30H58O2. The Morgan fingerprint density at radius 3 is 1.34 bits per heavy atom. The molecule has 0 aromatic heterocycles. The summed E-state index contributed by atoms with van der Waals surface area (Å²) in [5.74, 6) is 0.0135. The quantitative estimate of drug-likeness (QED) is 0.0744. The maximum atomic E-state index is 11.7. The van der Waals surface area contributed by atoms with Crippen LogP contribution in [0.5, 0.6) is 0 Å². The van der Waals surface area contributed by atoms with Crippen molar-refractivity contribution in [1.29, 1.82) is 0 Å². The molecule has 0 aliphatic heterocycles. The monoisotopic (exact) mass is 450 g/mol. The average molecular weight is 451 g/mol. The van der Waals surface area contributed by atoms with Crippen LogP contribution in [0.15, 0.2) is 12.2 Å². The van der Waals surface area contributed by atoms with Gasteiger partial charge in [0.25, 0.3) is 0 Å².